The van der Waals surface area contributed by atoms with Crippen LogP contribution in [0.25, 0.3) is 89.5 Å². The van der Waals surface area contributed by atoms with E-state index in [0.29, 0.717) is 5.82 Å². The molecule has 2 heteroatoms. The van der Waals surface area contributed by atoms with Crippen molar-refractivity contribution < 1.29 is 0 Å². The zero-order valence-electron chi connectivity index (χ0n) is 33.9. The smallest absolute Gasteiger partial charge is 0.160 e. The molecule has 1 spiro atoms. The van der Waals surface area contributed by atoms with Gasteiger partial charge in [0.15, 0.2) is 5.82 Å². The number of nitrogens with zero attached hydrogens (tertiary/aromatic N) is 2. The highest BCUT2D eigenvalue weighted by atomic mass is 14.9. The zero-order valence-corrected chi connectivity index (χ0v) is 33.9. The van der Waals surface area contributed by atoms with Gasteiger partial charge in [-0.3, -0.25) is 0 Å². The SMILES string of the molecule is c1ccc(-c2ccc(-c3cc(-c4ccc5c(c4)Cc4ccccc4-5)nc(-c4ccc5c(c4)C4(c6ccccc6-c6ccccc6-5)c5ccccc5-c5ccccc54)n3)cc2)cc1. The van der Waals surface area contributed by atoms with Crippen molar-refractivity contribution in [3.63, 3.8) is 0 Å². The van der Waals surface area contributed by atoms with Gasteiger partial charge in [-0.05, 0) is 114 Å². The van der Waals surface area contributed by atoms with E-state index in [1.807, 2.05) is 0 Å². The summed E-state index contributed by atoms with van der Waals surface area (Å²) in [5, 5.41) is 0. The largest absolute Gasteiger partial charge is 0.228 e. The zero-order chi connectivity index (χ0) is 40.8. The summed E-state index contributed by atoms with van der Waals surface area (Å²) in [6.45, 7) is 0. The maximum Gasteiger partial charge on any atom is 0.160 e. The first-order valence-corrected chi connectivity index (χ1v) is 21.5. The van der Waals surface area contributed by atoms with E-state index in [1.165, 1.54) is 89.0 Å². The highest BCUT2D eigenvalue weighted by Gasteiger charge is 2.49. The monoisotopic (exact) mass is 786 g/mol. The third-order valence-corrected chi connectivity index (χ3v) is 13.6. The lowest BCUT2D eigenvalue weighted by atomic mass is 9.65. The summed E-state index contributed by atoms with van der Waals surface area (Å²) in [5.74, 6) is 0.705. The van der Waals surface area contributed by atoms with Crippen molar-refractivity contribution in [1.82, 2.24) is 9.97 Å². The van der Waals surface area contributed by atoms with Crippen LogP contribution in [-0.2, 0) is 11.8 Å². The third kappa shape index (κ3) is 5.10. The topological polar surface area (TPSA) is 25.8 Å². The van der Waals surface area contributed by atoms with Crippen LogP contribution in [0.1, 0.15) is 33.4 Å². The van der Waals surface area contributed by atoms with E-state index in [4.69, 9.17) is 9.97 Å². The van der Waals surface area contributed by atoms with Crippen LogP contribution in [0.2, 0.25) is 0 Å². The third-order valence-electron chi connectivity index (χ3n) is 13.6. The molecule has 0 atom stereocenters. The molecular formula is C60H38N2. The second kappa shape index (κ2) is 13.5. The van der Waals surface area contributed by atoms with Crippen molar-refractivity contribution >= 4 is 0 Å². The summed E-state index contributed by atoms with van der Waals surface area (Å²) in [6.07, 6.45) is 0.921. The lowest BCUT2D eigenvalue weighted by molar-refractivity contribution is 0.775. The van der Waals surface area contributed by atoms with Crippen LogP contribution in [0.4, 0.5) is 0 Å². The molecule has 0 fully saturated rings. The maximum absolute atomic E-state index is 5.49. The first kappa shape index (κ1) is 34.9. The summed E-state index contributed by atoms with van der Waals surface area (Å²) in [5.41, 5.74) is 24.7. The Kier molecular flexibility index (Phi) is 7.62. The summed E-state index contributed by atoms with van der Waals surface area (Å²) in [6, 6.07) is 80.1. The highest BCUT2D eigenvalue weighted by Crippen LogP contribution is 2.61. The van der Waals surface area contributed by atoms with Crippen LogP contribution in [0.5, 0.6) is 0 Å². The Labute approximate surface area is 361 Å². The summed E-state index contributed by atoms with van der Waals surface area (Å²) >= 11 is 0. The van der Waals surface area contributed by atoms with Gasteiger partial charge in [0.05, 0.1) is 16.8 Å². The van der Waals surface area contributed by atoms with Gasteiger partial charge < -0.3 is 0 Å². The molecule has 1 heterocycles. The number of hydrogen-bond donors (Lipinski definition) is 0. The Hall–Kier alpha value is -7.94. The van der Waals surface area contributed by atoms with E-state index in [9.17, 15) is 0 Å². The Balaban J connectivity index is 1.06. The van der Waals surface area contributed by atoms with E-state index in [-0.39, 0.29) is 0 Å². The van der Waals surface area contributed by atoms with Gasteiger partial charge in [0.1, 0.15) is 0 Å². The van der Waals surface area contributed by atoms with Crippen molar-refractivity contribution in [3.05, 3.63) is 252 Å². The summed E-state index contributed by atoms with van der Waals surface area (Å²) in [7, 11) is 0. The first-order chi connectivity index (χ1) is 30.7. The second-order valence-electron chi connectivity index (χ2n) is 16.8. The molecule has 0 radical (unpaired) electrons. The van der Waals surface area contributed by atoms with Crippen LogP contribution in [0.15, 0.2) is 218 Å². The molecule has 9 aromatic carbocycles. The van der Waals surface area contributed by atoms with Gasteiger partial charge in [0.2, 0.25) is 0 Å². The van der Waals surface area contributed by atoms with Gasteiger partial charge >= 0.3 is 0 Å². The van der Waals surface area contributed by atoms with E-state index >= 15 is 0 Å². The molecule has 10 aromatic rings. The van der Waals surface area contributed by atoms with Crippen LogP contribution in [0, 0.1) is 0 Å². The first-order valence-electron chi connectivity index (χ1n) is 21.5. The lowest BCUT2D eigenvalue weighted by Crippen LogP contribution is -2.29. The molecule has 0 N–H and O–H groups in total. The Morgan fingerprint density at radius 1 is 0.274 bits per heavy atom. The fourth-order valence-electron chi connectivity index (χ4n) is 10.8. The minimum atomic E-state index is -0.586. The second-order valence-corrected chi connectivity index (χ2v) is 16.8. The average Bonchev–Trinajstić information content (AvgIpc) is 3.84. The van der Waals surface area contributed by atoms with Crippen LogP contribution in [0.3, 0.4) is 0 Å². The molecule has 13 rings (SSSR count). The molecule has 3 aliphatic rings. The number of hydrogen-bond acceptors (Lipinski definition) is 2. The molecule has 1 aromatic heterocycles. The van der Waals surface area contributed by atoms with E-state index in [2.05, 4.69) is 218 Å². The van der Waals surface area contributed by atoms with E-state index in [0.717, 1.165) is 34.5 Å². The van der Waals surface area contributed by atoms with Crippen LogP contribution >= 0.6 is 0 Å². The van der Waals surface area contributed by atoms with Gasteiger partial charge in [0, 0.05) is 16.7 Å². The Bertz CT molecular complexity index is 3390. The van der Waals surface area contributed by atoms with Crippen molar-refractivity contribution in [1.29, 1.82) is 0 Å². The molecule has 0 amide bonds. The van der Waals surface area contributed by atoms with Gasteiger partial charge in [-0.25, -0.2) is 9.97 Å². The Morgan fingerprint density at radius 3 is 1.37 bits per heavy atom. The summed E-state index contributed by atoms with van der Waals surface area (Å²) in [4.78, 5) is 11.0. The minimum Gasteiger partial charge on any atom is -0.228 e. The lowest BCUT2D eigenvalue weighted by Gasteiger charge is -2.35. The molecule has 0 saturated carbocycles. The molecule has 3 aliphatic carbocycles. The fraction of sp³-hybridized carbons (Fsp3) is 0.0333. The molecule has 0 saturated heterocycles. The number of benzene rings is 9. The molecule has 0 bridgehead atoms. The normalized spacial score (nSPS) is 13.2. The van der Waals surface area contributed by atoms with Crippen molar-refractivity contribution in [2.75, 3.05) is 0 Å². The molecule has 288 valence electrons. The van der Waals surface area contributed by atoms with Gasteiger partial charge in [-0.2, -0.15) is 0 Å². The highest BCUT2D eigenvalue weighted by molar-refractivity contribution is 5.98. The molecular weight excluding hydrogens is 749 g/mol. The summed E-state index contributed by atoms with van der Waals surface area (Å²) < 4.78 is 0. The quantitative estimate of drug-likeness (QED) is 0.178. The average molecular weight is 787 g/mol. The molecule has 62 heavy (non-hydrogen) atoms. The van der Waals surface area contributed by atoms with Crippen LogP contribution in [-0.4, -0.2) is 9.97 Å². The molecule has 2 nitrogen and oxygen atoms in total. The number of rotatable bonds is 4. The predicted molar refractivity (Wildman–Crippen MR) is 254 cm³/mol. The van der Waals surface area contributed by atoms with Crippen molar-refractivity contribution in [3.8, 4) is 89.5 Å². The van der Waals surface area contributed by atoms with Gasteiger partial charge in [-0.1, -0.05) is 200 Å². The fourth-order valence-corrected chi connectivity index (χ4v) is 10.8. The van der Waals surface area contributed by atoms with Crippen LogP contribution < -0.4 is 0 Å². The molecule has 0 aliphatic heterocycles. The standard InChI is InChI=1S/C60H38N2/c1-2-14-38(15-3-1)39-26-28-40(29-27-39)57-37-58(42-30-32-46-44(35-42)34-41-16-4-5-17-45(41)46)62-59(61-57)43-31-33-52-48-19-7-6-18-47(48)49-20-8-11-23-53(49)60(56(52)36-43)54-24-12-9-21-50(54)51-22-10-13-25-55(51)60/h1-33,35-37H,34H2. The van der Waals surface area contributed by atoms with Crippen molar-refractivity contribution in [2.24, 2.45) is 0 Å². The van der Waals surface area contributed by atoms with E-state index < -0.39 is 5.41 Å². The van der Waals surface area contributed by atoms with Gasteiger partial charge in [0.25, 0.3) is 0 Å². The molecule has 0 unspecified atom stereocenters. The maximum atomic E-state index is 5.49. The van der Waals surface area contributed by atoms with Gasteiger partial charge in [-0.15, -0.1) is 0 Å². The Morgan fingerprint density at radius 2 is 0.710 bits per heavy atom. The number of fused-ring (bicyclic) bond motifs is 15. The predicted octanol–water partition coefficient (Wildman–Crippen LogP) is 14.7. The van der Waals surface area contributed by atoms with E-state index in [1.54, 1.807) is 0 Å². The number of aromatic nitrogens is 2. The minimum absolute atomic E-state index is 0.586. The van der Waals surface area contributed by atoms with Crippen molar-refractivity contribution in [2.45, 2.75) is 11.8 Å².